The molecule has 1 atom stereocenters. The van der Waals surface area contributed by atoms with Crippen LogP contribution in [0.1, 0.15) is 26.0 Å². The minimum atomic E-state index is 0.0990. The van der Waals surface area contributed by atoms with Gasteiger partial charge in [-0.3, -0.25) is 4.68 Å². The summed E-state index contributed by atoms with van der Waals surface area (Å²) < 4.78 is 2.00. The first-order valence-corrected chi connectivity index (χ1v) is 6.80. The number of nitrogens with zero attached hydrogens (tertiary/aromatic N) is 2. The fraction of sp³-hybridized carbons (Fsp3) is 0.438. The van der Waals surface area contributed by atoms with Crippen LogP contribution in [-0.4, -0.2) is 16.3 Å². The van der Waals surface area contributed by atoms with Crippen LogP contribution < -0.4 is 5.73 Å². The normalized spacial score (nSPS) is 24.4. The summed E-state index contributed by atoms with van der Waals surface area (Å²) in [5.41, 5.74) is 9.89. The van der Waals surface area contributed by atoms with E-state index in [1.165, 1.54) is 5.69 Å². The van der Waals surface area contributed by atoms with E-state index in [0.717, 1.165) is 17.7 Å². The summed E-state index contributed by atoms with van der Waals surface area (Å²) in [7, 11) is 2.02. The molecule has 3 rings (SSSR count). The van der Waals surface area contributed by atoms with Crippen molar-refractivity contribution in [1.29, 1.82) is 0 Å². The van der Waals surface area contributed by atoms with Crippen molar-refractivity contribution in [2.45, 2.75) is 25.7 Å². The number of aromatic nitrogens is 2. The van der Waals surface area contributed by atoms with Crippen molar-refractivity contribution < 1.29 is 0 Å². The maximum atomic E-state index is 6.05. The van der Waals surface area contributed by atoms with Crippen molar-refractivity contribution in [3.8, 4) is 11.3 Å². The predicted octanol–water partition coefficient (Wildman–Crippen LogP) is 2.71. The van der Waals surface area contributed by atoms with Crippen LogP contribution in [0, 0.1) is 5.41 Å². The summed E-state index contributed by atoms with van der Waals surface area (Å²) in [6, 6.07) is 12.5. The van der Waals surface area contributed by atoms with E-state index in [0.29, 0.717) is 6.54 Å². The van der Waals surface area contributed by atoms with E-state index in [1.807, 2.05) is 29.9 Å². The summed E-state index contributed by atoms with van der Waals surface area (Å²) in [4.78, 5) is 0. The first-order valence-electron chi connectivity index (χ1n) is 6.80. The average Bonchev–Trinajstić information content (AvgIpc) is 2.77. The second kappa shape index (κ2) is 3.94. The van der Waals surface area contributed by atoms with Crippen LogP contribution in [0.2, 0.25) is 0 Å². The van der Waals surface area contributed by atoms with Crippen molar-refractivity contribution in [3.63, 3.8) is 0 Å². The van der Waals surface area contributed by atoms with Crippen molar-refractivity contribution in [2.75, 3.05) is 6.54 Å². The Balaban J connectivity index is 2.04. The smallest absolute Gasteiger partial charge is 0.0926 e. The molecule has 1 fully saturated rings. The number of nitrogens with two attached hydrogens (primary N) is 1. The molecule has 0 saturated heterocycles. The van der Waals surface area contributed by atoms with Gasteiger partial charge in [0.1, 0.15) is 0 Å². The van der Waals surface area contributed by atoms with Gasteiger partial charge in [0.05, 0.1) is 5.69 Å². The van der Waals surface area contributed by atoms with E-state index in [1.54, 1.807) is 0 Å². The van der Waals surface area contributed by atoms with E-state index in [4.69, 9.17) is 5.73 Å². The van der Waals surface area contributed by atoms with Gasteiger partial charge in [-0.1, -0.05) is 44.2 Å². The lowest BCUT2D eigenvalue weighted by Gasteiger charge is -2.18. The van der Waals surface area contributed by atoms with Gasteiger partial charge in [0.15, 0.2) is 0 Å². The summed E-state index contributed by atoms with van der Waals surface area (Å²) in [6.45, 7) is 5.26. The molecule has 2 aromatic rings. The molecular weight excluding hydrogens is 234 g/mol. The van der Waals surface area contributed by atoms with Crippen LogP contribution >= 0.6 is 0 Å². The van der Waals surface area contributed by atoms with Gasteiger partial charge in [-0.25, -0.2) is 0 Å². The van der Waals surface area contributed by atoms with E-state index < -0.39 is 0 Å². The molecule has 0 amide bonds. The molecule has 3 nitrogen and oxygen atoms in total. The van der Waals surface area contributed by atoms with Crippen LogP contribution in [0.25, 0.3) is 11.3 Å². The SMILES string of the molecule is Cn1nc(-c2ccccc2)cc1C1(CN)CC1(C)C. The minimum Gasteiger partial charge on any atom is -0.330 e. The minimum absolute atomic E-state index is 0.0990. The Morgan fingerprint density at radius 1 is 1.26 bits per heavy atom. The number of aryl methyl sites for hydroxylation is 1. The molecule has 0 spiro atoms. The standard InChI is InChI=1S/C16H21N3/c1-15(2)10-16(15,11-17)14-9-13(18-19(14)3)12-7-5-4-6-8-12/h4-9H,10-11,17H2,1-3H3. The van der Waals surface area contributed by atoms with Crippen LogP contribution in [0.15, 0.2) is 36.4 Å². The van der Waals surface area contributed by atoms with Gasteiger partial charge in [-0.05, 0) is 17.9 Å². The third kappa shape index (κ3) is 1.72. The lowest BCUT2D eigenvalue weighted by atomic mass is 9.91. The molecule has 0 bridgehead atoms. The molecule has 0 radical (unpaired) electrons. The fourth-order valence-corrected chi connectivity index (χ4v) is 3.27. The third-order valence-electron chi connectivity index (χ3n) is 4.70. The molecule has 1 unspecified atom stereocenters. The maximum absolute atomic E-state index is 6.05. The Bertz CT molecular complexity index is 598. The number of hydrogen-bond acceptors (Lipinski definition) is 2. The predicted molar refractivity (Wildman–Crippen MR) is 77.8 cm³/mol. The second-order valence-corrected chi connectivity index (χ2v) is 6.25. The molecular formula is C16H21N3. The molecule has 100 valence electrons. The molecule has 1 aliphatic rings. The van der Waals surface area contributed by atoms with Crippen LogP contribution in [-0.2, 0) is 12.5 Å². The topological polar surface area (TPSA) is 43.8 Å². The second-order valence-electron chi connectivity index (χ2n) is 6.25. The van der Waals surface area contributed by atoms with E-state index >= 15 is 0 Å². The van der Waals surface area contributed by atoms with Crippen molar-refractivity contribution in [2.24, 2.45) is 18.2 Å². The van der Waals surface area contributed by atoms with Gasteiger partial charge in [0, 0.05) is 30.3 Å². The quantitative estimate of drug-likeness (QED) is 0.916. The van der Waals surface area contributed by atoms with Crippen molar-refractivity contribution in [3.05, 3.63) is 42.1 Å². The summed E-state index contributed by atoms with van der Waals surface area (Å²) >= 11 is 0. The van der Waals surface area contributed by atoms with Crippen LogP contribution in [0.5, 0.6) is 0 Å². The molecule has 0 aliphatic heterocycles. The average molecular weight is 255 g/mol. The number of benzene rings is 1. The number of hydrogen-bond donors (Lipinski definition) is 1. The molecule has 1 aromatic heterocycles. The van der Waals surface area contributed by atoms with Gasteiger partial charge in [0.2, 0.25) is 0 Å². The first kappa shape index (κ1) is 12.4. The highest BCUT2D eigenvalue weighted by atomic mass is 15.3. The van der Waals surface area contributed by atoms with Crippen molar-refractivity contribution in [1.82, 2.24) is 9.78 Å². The third-order valence-corrected chi connectivity index (χ3v) is 4.70. The molecule has 1 aromatic carbocycles. The highest BCUT2D eigenvalue weighted by molar-refractivity contribution is 5.60. The van der Waals surface area contributed by atoms with Gasteiger partial charge >= 0.3 is 0 Å². The maximum Gasteiger partial charge on any atom is 0.0926 e. The monoisotopic (exact) mass is 255 g/mol. The zero-order chi connectivity index (χ0) is 13.7. The number of rotatable bonds is 3. The Kier molecular flexibility index (Phi) is 2.58. The van der Waals surface area contributed by atoms with Gasteiger partial charge in [-0.2, -0.15) is 5.10 Å². The molecule has 3 heteroatoms. The Morgan fingerprint density at radius 3 is 2.42 bits per heavy atom. The zero-order valence-corrected chi connectivity index (χ0v) is 11.9. The van der Waals surface area contributed by atoms with Gasteiger partial charge < -0.3 is 5.73 Å². The van der Waals surface area contributed by atoms with Crippen LogP contribution in [0.3, 0.4) is 0 Å². The lowest BCUT2D eigenvalue weighted by Crippen LogP contribution is -2.27. The van der Waals surface area contributed by atoms with Crippen LogP contribution in [0.4, 0.5) is 0 Å². The summed E-state index contributed by atoms with van der Waals surface area (Å²) in [5.74, 6) is 0. The highest BCUT2D eigenvalue weighted by Gasteiger charge is 2.62. The lowest BCUT2D eigenvalue weighted by molar-refractivity contribution is 0.472. The Labute approximate surface area is 114 Å². The molecule has 1 heterocycles. The fourth-order valence-electron chi connectivity index (χ4n) is 3.27. The van der Waals surface area contributed by atoms with E-state index in [2.05, 4.69) is 37.1 Å². The molecule has 2 N–H and O–H groups in total. The summed E-state index contributed by atoms with van der Waals surface area (Å²) in [5, 5.41) is 4.66. The molecule has 19 heavy (non-hydrogen) atoms. The molecule has 1 saturated carbocycles. The van der Waals surface area contributed by atoms with Gasteiger partial charge in [0.25, 0.3) is 0 Å². The Hall–Kier alpha value is -1.61. The Morgan fingerprint density at radius 2 is 1.89 bits per heavy atom. The summed E-state index contributed by atoms with van der Waals surface area (Å²) in [6.07, 6.45) is 1.14. The largest absolute Gasteiger partial charge is 0.330 e. The van der Waals surface area contributed by atoms with E-state index in [-0.39, 0.29) is 10.8 Å². The first-order chi connectivity index (χ1) is 9.00. The van der Waals surface area contributed by atoms with Crippen molar-refractivity contribution >= 4 is 0 Å². The van der Waals surface area contributed by atoms with Gasteiger partial charge in [-0.15, -0.1) is 0 Å². The highest BCUT2D eigenvalue weighted by Crippen LogP contribution is 2.63. The zero-order valence-electron chi connectivity index (χ0n) is 11.9. The van der Waals surface area contributed by atoms with E-state index in [9.17, 15) is 0 Å². The molecule has 1 aliphatic carbocycles.